The zero-order valence-electron chi connectivity index (χ0n) is 22.8. The van der Waals surface area contributed by atoms with E-state index in [-0.39, 0.29) is 0 Å². The number of hydrogen-bond donors (Lipinski definition) is 1. The molecule has 0 saturated carbocycles. The number of thiophene rings is 1. The van der Waals surface area contributed by atoms with Crippen LogP contribution in [-0.4, -0.2) is 5.11 Å². The molecule has 0 aliphatic heterocycles. The summed E-state index contributed by atoms with van der Waals surface area (Å²) in [6, 6.07) is 47.7. The summed E-state index contributed by atoms with van der Waals surface area (Å²) in [5, 5.41) is 18.5. The van der Waals surface area contributed by atoms with Gasteiger partial charge in [0.1, 0.15) is 5.75 Å². The third-order valence-electron chi connectivity index (χ3n) is 6.93. The van der Waals surface area contributed by atoms with Crippen molar-refractivity contribution in [3.8, 4) is 28.0 Å². The molecular formula is C38H32OS. The van der Waals surface area contributed by atoms with Gasteiger partial charge in [0, 0.05) is 0 Å². The molecule has 0 bridgehead atoms. The molecule has 40 heavy (non-hydrogen) atoms. The number of fused-ring (bicyclic) bond motifs is 2. The van der Waals surface area contributed by atoms with E-state index in [0.29, 0.717) is 5.75 Å². The minimum absolute atomic E-state index is 0.296. The van der Waals surface area contributed by atoms with E-state index in [1.165, 1.54) is 49.4 Å². The molecule has 6 aromatic carbocycles. The second-order valence-corrected chi connectivity index (χ2v) is 10.5. The third-order valence-corrected chi connectivity index (χ3v) is 7.56. The Balaban J connectivity index is 0.000000145. The van der Waals surface area contributed by atoms with Crippen molar-refractivity contribution in [1.29, 1.82) is 0 Å². The molecule has 0 amide bonds. The lowest BCUT2D eigenvalue weighted by Crippen LogP contribution is -1.85. The molecule has 0 saturated heterocycles. The number of hydrogen-bond acceptors (Lipinski definition) is 2. The fourth-order valence-electron chi connectivity index (χ4n) is 4.84. The zero-order valence-corrected chi connectivity index (χ0v) is 23.6. The Morgan fingerprint density at radius 3 is 1.50 bits per heavy atom. The molecule has 0 atom stereocenters. The molecule has 0 spiro atoms. The van der Waals surface area contributed by atoms with Gasteiger partial charge in [-0.3, -0.25) is 0 Å². The van der Waals surface area contributed by atoms with Gasteiger partial charge in [-0.25, -0.2) is 0 Å². The van der Waals surface area contributed by atoms with Crippen molar-refractivity contribution in [2.45, 2.75) is 13.8 Å². The van der Waals surface area contributed by atoms with Crippen LogP contribution in [0.2, 0.25) is 0 Å². The van der Waals surface area contributed by atoms with Crippen molar-refractivity contribution in [3.05, 3.63) is 161 Å². The van der Waals surface area contributed by atoms with Crippen molar-refractivity contribution in [2.24, 2.45) is 0 Å². The van der Waals surface area contributed by atoms with Crippen molar-refractivity contribution >= 4 is 32.9 Å². The maximum atomic E-state index is 9.46. The number of aryl methyl sites for hydroxylation is 2. The summed E-state index contributed by atoms with van der Waals surface area (Å²) >= 11 is 1.71. The van der Waals surface area contributed by atoms with Crippen LogP contribution in [0.4, 0.5) is 0 Å². The number of rotatable bonds is 2. The second-order valence-electron chi connectivity index (χ2n) is 9.70. The molecule has 0 aliphatic carbocycles. The van der Waals surface area contributed by atoms with Gasteiger partial charge in [0.15, 0.2) is 0 Å². The Kier molecular flexibility index (Phi) is 8.70. The monoisotopic (exact) mass is 536 g/mol. The van der Waals surface area contributed by atoms with E-state index in [4.69, 9.17) is 0 Å². The van der Waals surface area contributed by atoms with Crippen LogP contribution >= 0.6 is 11.3 Å². The van der Waals surface area contributed by atoms with E-state index in [2.05, 4.69) is 117 Å². The molecule has 0 unspecified atom stereocenters. The smallest absolute Gasteiger partial charge is 0.115 e. The number of benzene rings is 6. The average Bonchev–Trinajstić information content (AvgIpc) is 3.58. The molecule has 7 aromatic rings. The van der Waals surface area contributed by atoms with E-state index in [1.54, 1.807) is 23.5 Å². The number of aromatic hydroxyl groups is 1. The lowest BCUT2D eigenvalue weighted by Gasteiger charge is -2.09. The van der Waals surface area contributed by atoms with Gasteiger partial charge in [-0.2, -0.15) is 11.3 Å². The van der Waals surface area contributed by atoms with Crippen LogP contribution < -0.4 is 0 Å². The summed E-state index contributed by atoms with van der Waals surface area (Å²) in [6.45, 7) is 4.31. The summed E-state index contributed by atoms with van der Waals surface area (Å²) < 4.78 is 0. The molecule has 1 nitrogen and oxygen atoms in total. The summed E-state index contributed by atoms with van der Waals surface area (Å²) in [6.07, 6.45) is 0. The fraction of sp³-hybridized carbons (Fsp3) is 0.0526. The van der Waals surface area contributed by atoms with Gasteiger partial charge in [0.2, 0.25) is 0 Å². The highest BCUT2D eigenvalue weighted by molar-refractivity contribution is 7.07. The van der Waals surface area contributed by atoms with Gasteiger partial charge < -0.3 is 5.11 Å². The van der Waals surface area contributed by atoms with Gasteiger partial charge in [0.05, 0.1) is 0 Å². The van der Waals surface area contributed by atoms with Crippen molar-refractivity contribution < 1.29 is 5.11 Å². The predicted octanol–water partition coefficient (Wildman–Crippen LogP) is 11.1. The SMILES string of the molecule is Cc1ccccc1-c1ccccc1C.Oc1ccc(-c2cccc3cc4ccccc4cc23)cc1.c1ccsc1. The summed E-state index contributed by atoms with van der Waals surface area (Å²) in [7, 11) is 0. The molecule has 2 heteroatoms. The van der Waals surface area contributed by atoms with Crippen molar-refractivity contribution in [1.82, 2.24) is 0 Å². The van der Waals surface area contributed by atoms with Gasteiger partial charge in [-0.05, 0) is 104 Å². The van der Waals surface area contributed by atoms with Crippen LogP contribution in [0.5, 0.6) is 5.75 Å². The Hall–Kier alpha value is -4.66. The topological polar surface area (TPSA) is 20.2 Å². The highest BCUT2D eigenvalue weighted by atomic mass is 32.1. The molecule has 0 fully saturated rings. The van der Waals surface area contributed by atoms with Crippen LogP contribution in [0, 0.1) is 13.8 Å². The molecule has 1 aromatic heterocycles. The highest BCUT2D eigenvalue weighted by Crippen LogP contribution is 2.32. The van der Waals surface area contributed by atoms with E-state index in [9.17, 15) is 5.11 Å². The van der Waals surface area contributed by atoms with E-state index in [0.717, 1.165) is 5.56 Å². The zero-order chi connectivity index (χ0) is 27.7. The molecule has 1 N–H and O–H groups in total. The maximum Gasteiger partial charge on any atom is 0.115 e. The fourth-order valence-corrected chi connectivity index (χ4v) is 5.29. The summed E-state index contributed by atoms with van der Waals surface area (Å²) in [4.78, 5) is 0. The number of phenols is 1. The molecule has 0 radical (unpaired) electrons. The lowest BCUT2D eigenvalue weighted by molar-refractivity contribution is 0.475. The summed E-state index contributed by atoms with van der Waals surface area (Å²) in [5.41, 5.74) is 7.66. The van der Waals surface area contributed by atoms with Crippen molar-refractivity contribution in [2.75, 3.05) is 0 Å². The lowest BCUT2D eigenvalue weighted by atomic mass is 9.95. The predicted molar refractivity (Wildman–Crippen MR) is 174 cm³/mol. The standard InChI is InChI=1S/C20H14O.C14H14.C4H4S/c21-18-10-8-14(9-11-18)19-7-3-6-17-12-15-4-1-2-5-16(15)13-20(17)19;1-11-7-3-5-9-13(11)14-10-6-4-8-12(14)2;1-2-4-5-3-1/h1-13,21H;3-10H,1-2H3;1-4H. The molecule has 7 rings (SSSR count). The van der Waals surface area contributed by atoms with Gasteiger partial charge in [-0.15, -0.1) is 0 Å². The van der Waals surface area contributed by atoms with Gasteiger partial charge in [-0.1, -0.05) is 115 Å². The third kappa shape index (κ3) is 6.48. The quantitative estimate of drug-likeness (QED) is 0.218. The van der Waals surface area contributed by atoms with Gasteiger partial charge in [0.25, 0.3) is 0 Å². The van der Waals surface area contributed by atoms with Gasteiger partial charge >= 0.3 is 0 Å². The molecular weight excluding hydrogens is 504 g/mol. The van der Waals surface area contributed by atoms with E-state index < -0.39 is 0 Å². The molecule has 196 valence electrons. The first-order chi connectivity index (χ1) is 19.6. The van der Waals surface area contributed by atoms with Crippen LogP contribution in [0.3, 0.4) is 0 Å². The largest absolute Gasteiger partial charge is 0.508 e. The van der Waals surface area contributed by atoms with Crippen LogP contribution in [0.1, 0.15) is 11.1 Å². The highest BCUT2D eigenvalue weighted by Gasteiger charge is 2.05. The average molecular weight is 537 g/mol. The Morgan fingerprint density at radius 1 is 0.450 bits per heavy atom. The molecule has 1 heterocycles. The second kappa shape index (κ2) is 12.9. The van der Waals surface area contributed by atoms with Crippen LogP contribution in [0.15, 0.2) is 150 Å². The Labute approximate surface area is 240 Å². The first kappa shape index (κ1) is 26.9. The van der Waals surface area contributed by atoms with Crippen LogP contribution in [-0.2, 0) is 0 Å². The van der Waals surface area contributed by atoms with Crippen LogP contribution in [0.25, 0.3) is 43.8 Å². The number of phenolic OH excluding ortho intramolecular Hbond substituents is 1. The Morgan fingerprint density at radius 2 is 0.950 bits per heavy atom. The maximum absolute atomic E-state index is 9.46. The minimum Gasteiger partial charge on any atom is -0.508 e. The van der Waals surface area contributed by atoms with Crippen molar-refractivity contribution in [3.63, 3.8) is 0 Å². The first-order valence-electron chi connectivity index (χ1n) is 13.4. The van der Waals surface area contributed by atoms with E-state index >= 15 is 0 Å². The normalized spacial score (nSPS) is 10.3. The first-order valence-corrected chi connectivity index (χ1v) is 14.3. The minimum atomic E-state index is 0.296. The Bertz CT molecular complexity index is 1750. The van der Waals surface area contributed by atoms with E-state index in [1.807, 2.05) is 35.0 Å². The summed E-state index contributed by atoms with van der Waals surface area (Å²) in [5.74, 6) is 0.296. The molecule has 0 aliphatic rings.